The van der Waals surface area contributed by atoms with Crippen molar-refractivity contribution in [2.45, 2.75) is 13.8 Å². The monoisotopic (exact) mass is 286 g/mol. The fourth-order valence-electron chi connectivity index (χ4n) is 1.83. The number of carboxylic acids is 1. The molecule has 0 bridgehead atoms. The van der Waals surface area contributed by atoms with Crippen LogP contribution in [0.15, 0.2) is 42.5 Å². The molecule has 108 valence electrons. The second-order valence-corrected chi connectivity index (χ2v) is 4.70. The Morgan fingerprint density at radius 2 is 1.76 bits per heavy atom. The van der Waals surface area contributed by atoms with E-state index in [9.17, 15) is 9.18 Å². The van der Waals surface area contributed by atoms with Gasteiger partial charge in [-0.25, -0.2) is 9.18 Å². The Hall–Kier alpha value is -2.62. The van der Waals surface area contributed by atoms with Gasteiger partial charge in [-0.2, -0.15) is 0 Å². The topological polar surface area (TPSA) is 46.5 Å². The molecule has 0 saturated carbocycles. The van der Waals surface area contributed by atoms with Crippen molar-refractivity contribution in [2.24, 2.45) is 0 Å². The van der Waals surface area contributed by atoms with Crippen molar-refractivity contribution >= 4 is 12.0 Å². The Labute approximate surface area is 122 Å². The van der Waals surface area contributed by atoms with Gasteiger partial charge < -0.3 is 9.84 Å². The minimum atomic E-state index is -0.996. The SMILES string of the molecule is Cc1ccc(Oc2ccc(/C=C/C(=O)O)c(C)c2)cc1F. The molecule has 0 saturated heterocycles. The molecule has 2 aromatic carbocycles. The number of benzene rings is 2. The minimum absolute atomic E-state index is 0.315. The fourth-order valence-corrected chi connectivity index (χ4v) is 1.83. The van der Waals surface area contributed by atoms with Crippen LogP contribution in [0.3, 0.4) is 0 Å². The Bertz CT molecular complexity index is 705. The van der Waals surface area contributed by atoms with Gasteiger partial charge in [0.25, 0.3) is 0 Å². The number of aliphatic carboxylic acids is 1. The largest absolute Gasteiger partial charge is 0.478 e. The molecule has 0 unspecified atom stereocenters. The quantitative estimate of drug-likeness (QED) is 0.851. The van der Waals surface area contributed by atoms with Gasteiger partial charge in [0.1, 0.15) is 17.3 Å². The van der Waals surface area contributed by atoms with Crippen LogP contribution in [-0.4, -0.2) is 11.1 Å². The number of rotatable bonds is 4. The van der Waals surface area contributed by atoms with Crippen molar-refractivity contribution in [3.63, 3.8) is 0 Å². The van der Waals surface area contributed by atoms with Crippen LogP contribution >= 0.6 is 0 Å². The smallest absolute Gasteiger partial charge is 0.328 e. The first kappa shape index (κ1) is 14.8. The van der Waals surface area contributed by atoms with E-state index in [0.29, 0.717) is 17.1 Å². The first-order valence-electron chi connectivity index (χ1n) is 6.41. The Morgan fingerprint density at radius 3 is 2.38 bits per heavy atom. The second-order valence-electron chi connectivity index (χ2n) is 4.70. The zero-order valence-corrected chi connectivity index (χ0v) is 11.8. The van der Waals surface area contributed by atoms with Gasteiger partial charge >= 0.3 is 5.97 Å². The molecule has 0 aliphatic rings. The highest BCUT2D eigenvalue weighted by molar-refractivity contribution is 5.85. The number of carboxylic acid groups (broad SMARTS) is 1. The van der Waals surface area contributed by atoms with Crippen LogP contribution in [0.1, 0.15) is 16.7 Å². The molecule has 0 spiro atoms. The van der Waals surface area contributed by atoms with E-state index in [-0.39, 0.29) is 5.82 Å². The number of hydrogen-bond donors (Lipinski definition) is 1. The molecule has 1 N–H and O–H groups in total. The Morgan fingerprint density at radius 1 is 1.10 bits per heavy atom. The highest BCUT2D eigenvalue weighted by Gasteiger charge is 2.03. The van der Waals surface area contributed by atoms with Crippen molar-refractivity contribution < 1.29 is 19.0 Å². The zero-order chi connectivity index (χ0) is 15.4. The molecule has 4 heteroatoms. The lowest BCUT2D eigenvalue weighted by Gasteiger charge is -2.09. The highest BCUT2D eigenvalue weighted by Crippen LogP contribution is 2.25. The first-order valence-corrected chi connectivity index (χ1v) is 6.41. The van der Waals surface area contributed by atoms with E-state index in [4.69, 9.17) is 9.84 Å². The molecule has 0 fully saturated rings. The molecule has 3 nitrogen and oxygen atoms in total. The highest BCUT2D eigenvalue weighted by atomic mass is 19.1. The fraction of sp³-hybridized carbons (Fsp3) is 0.118. The molecule has 0 aliphatic carbocycles. The lowest BCUT2D eigenvalue weighted by atomic mass is 10.1. The first-order chi connectivity index (χ1) is 9.95. The van der Waals surface area contributed by atoms with Gasteiger partial charge in [-0.3, -0.25) is 0 Å². The minimum Gasteiger partial charge on any atom is -0.478 e. The molecule has 0 amide bonds. The third-order valence-corrected chi connectivity index (χ3v) is 3.03. The number of halogens is 1. The summed E-state index contributed by atoms with van der Waals surface area (Å²) < 4.78 is 19.1. The van der Waals surface area contributed by atoms with E-state index in [1.807, 2.05) is 6.92 Å². The van der Waals surface area contributed by atoms with Crippen molar-refractivity contribution in [3.8, 4) is 11.5 Å². The van der Waals surface area contributed by atoms with E-state index in [1.54, 1.807) is 37.3 Å². The average molecular weight is 286 g/mol. The molecular formula is C17H15FO3. The average Bonchev–Trinajstić information content (AvgIpc) is 2.42. The van der Waals surface area contributed by atoms with Crippen LogP contribution < -0.4 is 4.74 Å². The zero-order valence-electron chi connectivity index (χ0n) is 11.8. The molecule has 0 aliphatic heterocycles. The van der Waals surface area contributed by atoms with Crippen LogP contribution in [0.4, 0.5) is 4.39 Å². The summed E-state index contributed by atoms with van der Waals surface area (Å²) >= 11 is 0. The molecule has 2 aromatic rings. The van der Waals surface area contributed by atoms with Gasteiger partial charge in [0.15, 0.2) is 0 Å². The predicted molar refractivity (Wildman–Crippen MR) is 79.1 cm³/mol. The standard InChI is InChI=1S/C17H15FO3/c1-11-3-6-15(10-16(11)18)21-14-7-4-13(12(2)9-14)5-8-17(19)20/h3-10H,1-2H3,(H,19,20)/b8-5+. The predicted octanol–water partition coefficient (Wildman–Crippen LogP) is 4.33. The Kier molecular flexibility index (Phi) is 4.38. The number of ether oxygens (including phenoxy) is 1. The van der Waals surface area contributed by atoms with Gasteiger partial charge in [-0.1, -0.05) is 12.1 Å². The lowest BCUT2D eigenvalue weighted by Crippen LogP contribution is -1.90. The second kappa shape index (κ2) is 6.22. The summed E-state index contributed by atoms with van der Waals surface area (Å²) in [5, 5.41) is 8.62. The maximum absolute atomic E-state index is 13.5. The number of aryl methyl sites for hydroxylation is 2. The van der Waals surface area contributed by atoms with Crippen molar-refractivity contribution in [3.05, 3.63) is 65.0 Å². The van der Waals surface area contributed by atoms with Crippen LogP contribution in [0.25, 0.3) is 6.08 Å². The molecular weight excluding hydrogens is 271 g/mol. The van der Waals surface area contributed by atoms with E-state index >= 15 is 0 Å². The van der Waals surface area contributed by atoms with E-state index < -0.39 is 5.97 Å². The van der Waals surface area contributed by atoms with Gasteiger partial charge in [-0.05, 0) is 54.8 Å². The van der Waals surface area contributed by atoms with Crippen molar-refractivity contribution in [2.75, 3.05) is 0 Å². The van der Waals surface area contributed by atoms with E-state index in [1.165, 1.54) is 12.1 Å². The molecule has 0 aromatic heterocycles. The molecule has 0 atom stereocenters. The van der Waals surface area contributed by atoms with Gasteiger partial charge in [-0.15, -0.1) is 0 Å². The maximum atomic E-state index is 13.5. The molecule has 0 heterocycles. The van der Waals surface area contributed by atoms with E-state index in [2.05, 4.69) is 0 Å². The summed E-state index contributed by atoms with van der Waals surface area (Å²) in [7, 11) is 0. The Balaban J connectivity index is 2.20. The molecule has 21 heavy (non-hydrogen) atoms. The third kappa shape index (κ3) is 3.92. The summed E-state index contributed by atoms with van der Waals surface area (Å²) in [6.45, 7) is 3.54. The van der Waals surface area contributed by atoms with Gasteiger partial charge in [0, 0.05) is 12.1 Å². The molecule has 2 rings (SSSR count). The molecule has 0 radical (unpaired) electrons. The normalized spacial score (nSPS) is 10.8. The van der Waals surface area contributed by atoms with Crippen molar-refractivity contribution in [1.82, 2.24) is 0 Å². The summed E-state index contributed by atoms with van der Waals surface area (Å²) in [6.07, 6.45) is 2.60. The summed E-state index contributed by atoms with van der Waals surface area (Å²) in [5.74, 6) is -0.315. The summed E-state index contributed by atoms with van der Waals surface area (Å²) in [6, 6.07) is 9.94. The van der Waals surface area contributed by atoms with E-state index in [0.717, 1.165) is 17.2 Å². The van der Waals surface area contributed by atoms with Crippen LogP contribution in [0.5, 0.6) is 11.5 Å². The van der Waals surface area contributed by atoms with Gasteiger partial charge in [0.2, 0.25) is 0 Å². The van der Waals surface area contributed by atoms with Crippen LogP contribution in [0, 0.1) is 19.7 Å². The third-order valence-electron chi connectivity index (χ3n) is 3.03. The maximum Gasteiger partial charge on any atom is 0.328 e. The number of hydrogen-bond acceptors (Lipinski definition) is 2. The number of carbonyl (C=O) groups is 1. The van der Waals surface area contributed by atoms with Crippen LogP contribution in [-0.2, 0) is 4.79 Å². The van der Waals surface area contributed by atoms with Crippen molar-refractivity contribution in [1.29, 1.82) is 0 Å². The van der Waals surface area contributed by atoms with Crippen LogP contribution in [0.2, 0.25) is 0 Å². The lowest BCUT2D eigenvalue weighted by molar-refractivity contribution is -0.131. The summed E-state index contributed by atoms with van der Waals surface area (Å²) in [4.78, 5) is 10.5. The summed E-state index contributed by atoms with van der Waals surface area (Å²) in [5.41, 5.74) is 2.23. The van der Waals surface area contributed by atoms with Gasteiger partial charge in [0.05, 0.1) is 0 Å².